The van der Waals surface area contributed by atoms with Crippen LogP contribution < -0.4 is 5.32 Å². The molecule has 20 heavy (non-hydrogen) atoms. The molecule has 0 unspecified atom stereocenters. The summed E-state index contributed by atoms with van der Waals surface area (Å²) in [5.74, 6) is 0. The highest BCUT2D eigenvalue weighted by atomic mass is 14.8. The smallest absolute Gasteiger partial charge is 0.0417 e. The van der Waals surface area contributed by atoms with Gasteiger partial charge < -0.3 is 5.32 Å². The first-order chi connectivity index (χ1) is 9.74. The van der Waals surface area contributed by atoms with Gasteiger partial charge >= 0.3 is 0 Å². The van der Waals surface area contributed by atoms with E-state index >= 15 is 0 Å². The van der Waals surface area contributed by atoms with Gasteiger partial charge in [0.1, 0.15) is 0 Å². The maximum absolute atomic E-state index is 3.83. The lowest BCUT2D eigenvalue weighted by molar-refractivity contribution is 1.45. The van der Waals surface area contributed by atoms with Gasteiger partial charge in [-0.1, -0.05) is 70.7 Å². The molecule has 0 atom stereocenters. The van der Waals surface area contributed by atoms with E-state index in [1.807, 2.05) is 53.8 Å². The lowest BCUT2D eigenvalue weighted by Crippen LogP contribution is -1.94. The van der Waals surface area contributed by atoms with Crippen molar-refractivity contribution in [2.45, 2.75) is 41.5 Å². The summed E-state index contributed by atoms with van der Waals surface area (Å²) in [5.41, 5.74) is 4.74. The van der Waals surface area contributed by atoms with Gasteiger partial charge in [0, 0.05) is 18.3 Å². The Bertz CT molecular complexity index is 425. The van der Waals surface area contributed by atoms with Gasteiger partial charge in [-0.25, -0.2) is 0 Å². The van der Waals surface area contributed by atoms with Crippen LogP contribution >= 0.6 is 0 Å². The largest absolute Gasteiger partial charge is 0.388 e. The summed E-state index contributed by atoms with van der Waals surface area (Å²) in [7, 11) is 1.94. The molecule has 0 bridgehead atoms. The van der Waals surface area contributed by atoms with Crippen LogP contribution in [0.5, 0.6) is 0 Å². The van der Waals surface area contributed by atoms with E-state index in [0.29, 0.717) is 0 Å². The van der Waals surface area contributed by atoms with Crippen molar-refractivity contribution >= 4 is 11.3 Å². The summed E-state index contributed by atoms with van der Waals surface area (Å²) in [5, 5.41) is 3.21. The van der Waals surface area contributed by atoms with Gasteiger partial charge in [0.25, 0.3) is 0 Å². The van der Waals surface area contributed by atoms with Crippen LogP contribution in [-0.2, 0) is 0 Å². The number of para-hydroxylation sites is 1. The quantitative estimate of drug-likeness (QED) is 0.633. The first-order valence-electron chi connectivity index (χ1n) is 7.47. The minimum absolute atomic E-state index is 1.14. The summed E-state index contributed by atoms with van der Waals surface area (Å²) in [6, 6.07) is 8.28. The first-order valence-corrected chi connectivity index (χ1v) is 7.47. The molecule has 0 aromatic heterocycles. The molecule has 0 aliphatic carbocycles. The maximum atomic E-state index is 3.83. The molecule has 1 rings (SSSR count). The molecule has 0 heterocycles. The number of hydrogen-bond donors (Lipinski definition) is 1. The van der Waals surface area contributed by atoms with Gasteiger partial charge in [0.05, 0.1) is 0 Å². The third-order valence-electron chi connectivity index (χ3n) is 2.55. The second kappa shape index (κ2) is 13.7. The van der Waals surface area contributed by atoms with Gasteiger partial charge in [-0.2, -0.15) is 0 Å². The summed E-state index contributed by atoms with van der Waals surface area (Å²) in [6.45, 7) is 15.9. The molecule has 1 aromatic rings. The van der Waals surface area contributed by atoms with Crippen LogP contribution in [0.15, 0.2) is 54.6 Å². The summed E-state index contributed by atoms with van der Waals surface area (Å²) in [6.07, 6.45) is 6.06. The van der Waals surface area contributed by atoms with Gasteiger partial charge in [0.2, 0.25) is 0 Å². The Morgan fingerprint density at radius 3 is 2.10 bits per heavy atom. The van der Waals surface area contributed by atoms with Gasteiger partial charge in [0.15, 0.2) is 0 Å². The summed E-state index contributed by atoms with van der Waals surface area (Å²) >= 11 is 0. The second-order valence-corrected chi connectivity index (χ2v) is 3.60. The molecule has 0 amide bonds. The van der Waals surface area contributed by atoms with E-state index in [2.05, 4.69) is 49.2 Å². The van der Waals surface area contributed by atoms with Crippen molar-refractivity contribution in [2.24, 2.45) is 0 Å². The van der Waals surface area contributed by atoms with Gasteiger partial charge in [-0.3, -0.25) is 0 Å². The van der Waals surface area contributed by atoms with Crippen molar-refractivity contribution in [2.75, 3.05) is 12.4 Å². The normalized spacial score (nSPS) is 10.6. The lowest BCUT2D eigenvalue weighted by Gasteiger charge is -2.11. The molecule has 0 spiro atoms. The zero-order valence-corrected chi connectivity index (χ0v) is 14.2. The molecule has 1 nitrogen and oxygen atoms in total. The van der Waals surface area contributed by atoms with E-state index in [-0.39, 0.29) is 0 Å². The number of rotatable bonds is 4. The Hall–Kier alpha value is -1.76. The van der Waals surface area contributed by atoms with Crippen LogP contribution in [0.2, 0.25) is 0 Å². The zero-order chi connectivity index (χ0) is 16.0. The highest BCUT2D eigenvalue weighted by molar-refractivity contribution is 5.84. The molecule has 1 aromatic carbocycles. The van der Waals surface area contributed by atoms with Crippen LogP contribution in [0.25, 0.3) is 5.57 Å². The fourth-order valence-corrected chi connectivity index (χ4v) is 1.65. The lowest BCUT2D eigenvalue weighted by atomic mass is 9.98. The van der Waals surface area contributed by atoms with E-state index < -0.39 is 0 Å². The van der Waals surface area contributed by atoms with E-state index in [1.165, 1.54) is 16.7 Å². The molecule has 0 aliphatic rings. The van der Waals surface area contributed by atoms with Crippen molar-refractivity contribution in [1.82, 2.24) is 0 Å². The minimum atomic E-state index is 1.14. The Morgan fingerprint density at radius 2 is 1.65 bits per heavy atom. The highest BCUT2D eigenvalue weighted by Crippen LogP contribution is 2.27. The van der Waals surface area contributed by atoms with E-state index in [4.69, 9.17) is 0 Å². The van der Waals surface area contributed by atoms with E-state index in [9.17, 15) is 0 Å². The van der Waals surface area contributed by atoms with Gasteiger partial charge in [-0.05, 0) is 31.1 Å². The fourth-order valence-electron chi connectivity index (χ4n) is 1.65. The monoisotopic (exact) mass is 273 g/mol. The average Bonchev–Trinajstić information content (AvgIpc) is 2.55. The van der Waals surface area contributed by atoms with Crippen LogP contribution in [0.1, 0.15) is 47.1 Å². The van der Waals surface area contributed by atoms with Crippen molar-refractivity contribution in [1.29, 1.82) is 0 Å². The number of allylic oxidation sites excluding steroid dienone is 5. The minimum Gasteiger partial charge on any atom is -0.388 e. The molecular formula is C19H31N. The zero-order valence-electron chi connectivity index (χ0n) is 14.2. The van der Waals surface area contributed by atoms with Crippen molar-refractivity contribution in [3.05, 3.63) is 60.2 Å². The first kappa shape index (κ1) is 20.6. The summed E-state index contributed by atoms with van der Waals surface area (Å²) < 4.78 is 0. The Morgan fingerprint density at radius 1 is 1.10 bits per heavy atom. The van der Waals surface area contributed by atoms with Crippen LogP contribution in [0, 0.1) is 0 Å². The maximum Gasteiger partial charge on any atom is 0.0417 e. The molecular weight excluding hydrogens is 242 g/mol. The standard InChI is InChI=1S/C15H19N.2C2H6/c1-5-9-13(12(3)6-2)14-10-7-8-11-15(14)16-4;2*1-2/h5-11,16H,2H2,1,3-4H3;2*1-2H3/b9-5-,13-12+;;. The third kappa shape index (κ3) is 6.42. The molecule has 1 N–H and O–H groups in total. The van der Waals surface area contributed by atoms with E-state index in [0.717, 1.165) is 5.69 Å². The van der Waals surface area contributed by atoms with Crippen LogP contribution in [-0.4, -0.2) is 7.05 Å². The number of nitrogens with one attached hydrogen (secondary N) is 1. The topological polar surface area (TPSA) is 12.0 Å². The SMILES string of the molecule is C=C/C(C)=C(\C=C/C)c1ccccc1NC.CC.CC. The van der Waals surface area contributed by atoms with Crippen molar-refractivity contribution in [3.63, 3.8) is 0 Å². The Labute approximate surface area is 126 Å². The predicted molar refractivity (Wildman–Crippen MR) is 96.3 cm³/mol. The molecule has 1 heteroatoms. The second-order valence-electron chi connectivity index (χ2n) is 3.60. The third-order valence-corrected chi connectivity index (χ3v) is 2.55. The van der Waals surface area contributed by atoms with Crippen LogP contribution in [0.4, 0.5) is 5.69 Å². The number of benzene rings is 1. The highest BCUT2D eigenvalue weighted by Gasteiger charge is 2.05. The molecule has 0 fully saturated rings. The van der Waals surface area contributed by atoms with Gasteiger partial charge in [-0.15, -0.1) is 0 Å². The Kier molecular flexibility index (Phi) is 14.0. The molecule has 112 valence electrons. The van der Waals surface area contributed by atoms with Crippen molar-refractivity contribution in [3.8, 4) is 0 Å². The van der Waals surface area contributed by atoms with Crippen LogP contribution in [0.3, 0.4) is 0 Å². The average molecular weight is 273 g/mol. The predicted octanol–water partition coefficient (Wildman–Crippen LogP) is 6.32. The molecule has 0 radical (unpaired) electrons. The molecule has 0 saturated carbocycles. The Balaban J connectivity index is 0. The number of anilines is 1. The summed E-state index contributed by atoms with van der Waals surface area (Å²) in [4.78, 5) is 0. The fraction of sp³-hybridized carbons (Fsp3) is 0.368. The molecule has 0 aliphatic heterocycles. The van der Waals surface area contributed by atoms with E-state index in [1.54, 1.807) is 0 Å². The van der Waals surface area contributed by atoms with Crippen molar-refractivity contribution < 1.29 is 0 Å². The number of hydrogen-bond acceptors (Lipinski definition) is 1. The molecule has 0 saturated heterocycles.